The number of imidazole rings is 1. The largest absolute Gasteiger partial charge is 0.373 e. The van der Waals surface area contributed by atoms with Crippen molar-refractivity contribution in [2.75, 3.05) is 19.7 Å². The number of hydrogen-bond donors (Lipinski definition) is 2. The smallest absolute Gasteiger partial charge is 0.253 e. The van der Waals surface area contributed by atoms with Crippen LogP contribution in [0.3, 0.4) is 0 Å². The van der Waals surface area contributed by atoms with Crippen LogP contribution in [0, 0.1) is 0 Å². The molecule has 3 aromatic rings. The summed E-state index contributed by atoms with van der Waals surface area (Å²) in [6.45, 7) is 3.21. The van der Waals surface area contributed by atoms with Crippen molar-refractivity contribution in [1.29, 1.82) is 0 Å². The van der Waals surface area contributed by atoms with Crippen LogP contribution in [0.2, 0.25) is 0 Å². The lowest BCUT2D eigenvalue weighted by Crippen LogP contribution is -2.60. The van der Waals surface area contributed by atoms with E-state index in [4.69, 9.17) is 4.74 Å². The first-order valence-electron chi connectivity index (χ1n) is 10.6. The van der Waals surface area contributed by atoms with Crippen molar-refractivity contribution in [3.05, 3.63) is 54.2 Å². The Hall–Kier alpha value is -2.84. The van der Waals surface area contributed by atoms with E-state index in [1.807, 2.05) is 28.8 Å². The second-order valence-corrected chi connectivity index (χ2v) is 8.09. The van der Waals surface area contributed by atoms with Gasteiger partial charge in [0.1, 0.15) is 5.52 Å². The van der Waals surface area contributed by atoms with Gasteiger partial charge >= 0.3 is 0 Å². The normalized spacial score (nSPS) is 21.0. The summed E-state index contributed by atoms with van der Waals surface area (Å²) in [7, 11) is 0. The molecular formula is C22H26N6O2. The molecule has 8 nitrogen and oxygen atoms in total. The van der Waals surface area contributed by atoms with E-state index < -0.39 is 0 Å². The Balaban J connectivity index is 1.34. The van der Waals surface area contributed by atoms with Gasteiger partial charge in [-0.3, -0.25) is 9.78 Å². The summed E-state index contributed by atoms with van der Waals surface area (Å²) < 4.78 is 8.14. The maximum absolute atomic E-state index is 13.0. The summed E-state index contributed by atoms with van der Waals surface area (Å²) >= 11 is 0. The van der Waals surface area contributed by atoms with Crippen LogP contribution in [0.1, 0.15) is 41.7 Å². The Morgan fingerprint density at radius 3 is 3.00 bits per heavy atom. The Morgan fingerprint density at radius 1 is 1.27 bits per heavy atom. The fourth-order valence-corrected chi connectivity index (χ4v) is 4.57. The first-order valence-corrected chi connectivity index (χ1v) is 10.6. The molecule has 2 N–H and O–H groups in total. The molecule has 3 aromatic heterocycles. The van der Waals surface area contributed by atoms with Gasteiger partial charge in [0, 0.05) is 19.0 Å². The third kappa shape index (κ3) is 3.68. The Bertz CT molecular complexity index is 1020. The van der Waals surface area contributed by atoms with Crippen molar-refractivity contribution >= 4 is 17.1 Å². The summed E-state index contributed by atoms with van der Waals surface area (Å²) in [5.74, 6) is -0.114. The molecule has 0 radical (unpaired) electrons. The predicted molar refractivity (Wildman–Crippen MR) is 112 cm³/mol. The van der Waals surface area contributed by atoms with E-state index in [9.17, 15) is 4.79 Å². The average Bonchev–Trinajstić information content (AvgIpc) is 3.19. The topological polar surface area (TPSA) is 94.0 Å². The minimum Gasteiger partial charge on any atom is -0.373 e. The zero-order chi connectivity index (χ0) is 20.4. The van der Waals surface area contributed by atoms with Crippen molar-refractivity contribution in [2.45, 2.75) is 43.9 Å². The summed E-state index contributed by atoms with van der Waals surface area (Å²) in [5, 5.41) is 6.61. The molecule has 5 heterocycles. The van der Waals surface area contributed by atoms with Gasteiger partial charge in [-0.2, -0.15) is 0 Å². The van der Waals surface area contributed by atoms with Crippen molar-refractivity contribution in [1.82, 2.24) is 30.2 Å². The van der Waals surface area contributed by atoms with Gasteiger partial charge in [0.15, 0.2) is 5.65 Å². The Kier molecular flexibility index (Phi) is 5.18. The zero-order valence-electron chi connectivity index (χ0n) is 16.9. The lowest BCUT2D eigenvalue weighted by Gasteiger charge is -2.46. The molecule has 1 spiro atoms. The van der Waals surface area contributed by atoms with E-state index in [0.29, 0.717) is 17.6 Å². The minimum absolute atomic E-state index is 0.0262. The summed E-state index contributed by atoms with van der Waals surface area (Å²) in [6.07, 6.45) is 8.91. The monoisotopic (exact) mass is 406 g/mol. The lowest BCUT2D eigenvalue weighted by atomic mass is 9.80. The molecule has 0 saturated carbocycles. The summed E-state index contributed by atoms with van der Waals surface area (Å²) in [6, 6.07) is 7.66. The Labute approximate surface area is 175 Å². The van der Waals surface area contributed by atoms with Crippen molar-refractivity contribution in [3.8, 4) is 0 Å². The summed E-state index contributed by atoms with van der Waals surface area (Å²) in [5.41, 5.74) is 2.66. The molecular weight excluding hydrogens is 380 g/mol. The number of hydrogen-bond acceptors (Lipinski definition) is 6. The molecule has 0 bridgehead atoms. The number of amides is 1. The van der Waals surface area contributed by atoms with Crippen molar-refractivity contribution < 1.29 is 9.53 Å². The van der Waals surface area contributed by atoms with Gasteiger partial charge < -0.3 is 19.9 Å². The molecule has 1 amide bonds. The first kappa shape index (κ1) is 19.1. The van der Waals surface area contributed by atoms with Gasteiger partial charge in [-0.05, 0) is 57.0 Å². The maximum Gasteiger partial charge on any atom is 0.253 e. The number of nitrogens with one attached hydrogen (secondary N) is 2. The fraction of sp³-hybridized carbons (Fsp3) is 0.455. The number of piperidine rings is 1. The fourth-order valence-electron chi connectivity index (χ4n) is 4.57. The molecule has 2 aliphatic rings. The molecule has 0 aromatic carbocycles. The first-order chi connectivity index (χ1) is 14.7. The van der Waals surface area contributed by atoms with E-state index in [-0.39, 0.29) is 17.6 Å². The third-order valence-electron chi connectivity index (χ3n) is 6.19. The van der Waals surface area contributed by atoms with E-state index in [2.05, 4.69) is 25.6 Å². The predicted octanol–water partition coefficient (Wildman–Crippen LogP) is 1.91. The van der Waals surface area contributed by atoms with Crippen LogP contribution in [-0.4, -0.2) is 56.8 Å². The van der Waals surface area contributed by atoms with Gasteiger partial charge in [0.05, 0.1) is 35.8 Å². The minimum atomic E-state index is -0.249. The van der Waals surface area contributed by atoms with Crippen LogP contribution >= 0.6 is 0 Å². The number of ether oxygens (including phenoxy) is 1. The van der Waals surface area contributed by atoms with Crippen LogP contribution in [-0.2, 0) is 11.3 Å². The van der Waals surface area contributed by atoms with Gasteiger partial charge in [-0.1, -0.05) is 6.07 Å². The third-order valence-corrected chi connectivity index (χ3v) is 6.19. The van der Waals surface area contributed by atoms with E-state index in [1.54, 1.807) is 18.7 Å². The van der Waals surface area contributed by atoms with Crippen LogP contribution in [0.15, 0.2) is 43.0 Å². The van der Waals surface area contributed by atoms with Crippen LogP contribution < -0.4 is 10.6 Å². The molecule has 156 valence electrons. The molecule has 8 heteroatoms. The van der Waals surface area contributed by atoms with Gasteiger partial charge in [-0.15, -0.1) is 0 Å². The molecule has 5 rings (SSSR count). The number of fused-ring (bicyclic) bond motifs is 1. The SMILES string of the molecule is O=C(NC1CCCOC12CCNCC2)c1cnc2c(c1)ncn2Cc1ccccn1. The Morgan fingerprint density at radius 2 is 2.17 bits per heavy atom. The molecule has 2 saturated heterocycles. The molecule has 0 aliphatic carbocycles. The second kappa shape index (κ2) is 8.12. The second-order valence-electron chi connectivity index (χ2n) is 8.09. The number of carbonyl (C=O) groups is 1. The highest BCUT2D eigenvalue weighted by Gasteiger charge is 2.43. The number of pyridine rings is 2. The number of carbonyl (C=O) groups excluding carboxylic acids is 1. The van der Waals surface area contributed by atoms with Crippen molar-refractivity contribution in [2.24, 2.45) is 0 Å². The van der Waals surface area contributed by atoms with E-state index in [0.717, 1.165) is 56.7 Å². The average molecular weight is 406 g/mol. The maximum atomic E-state index is 13.0. The quantitative estimate of drug-likeness (QED) is 0.687. The van der Waals surface area contributed by atoms with Gasteiger partial charge in [-0.25, -0.2) is 9.97 Å². The highest BCUT2D eigenvalue weighted by Crippen LogP contribution is 2.33. The van der Waals surface area contributed by atoms with Crippen molar-refractivity contribution in [3.63, 3.8) is 0 Å². The number of rotatable bonds is 4. The van der Waals surface area contributed by atoms with E-state index in [1.165, 1.54) is 0 Å². The molecule has 1 unspecified atom stereocenters. The molecule has 30 heavy (non-hydrogen) atoms. The number of nitrogens with zero attached hydrogens (tertiary/aromatic N) is 4. The summed E-state index contributed by atoms with van der Waals surface area (Å²) in [4.78, 5) is 26.3. The van der Waals surface area contributed by atoms with Gasteiger partial charge in [0.2, 0.25) is 0 Å². The highest BCUT2D eigenvalue weighted by molar-refractivity contribution is 5.96. The molecule has 1 atom stereocenters. The standard InChI is InChI=1S/C22H26N6O2/c29-21(27-19-5-3-11-30-22(19)6-9-23-10-7-22)16-12-18-20(25-13-16)28(15-26-18)14-17-4-1-2-8-24-17/h1-2,4,8,12-13,15,19,23H,3,5-7,9-11,14H2,(H,27,29). The lowest BCUT2D eigenvalue weighted by molar-refractivity contribution is -0.114. The zero-order valence-corrected chi connectivity index (χ0v) is 16.9. The van der Waals surface area contributed by atoms with Gasteiger partial charge in [0.25, 0.3) is 5.91 Å². The van der Waals surface area contributed by atoms with Crippen LogP contribution in [0.5, 0.6) is 0 Å². The van der Waals surface area contributed by atoms with E-state index >= 15 is 0 Å². The molecule has 2 fully saturated rings. The number of aromatic nitrogens is 4. The van der Waals surface area contributed by atoms with Crippen LogP contribution in [0.4, 0.5) is 0 Å². The highest BCUT2D eigenvalue weighted by atomic mass is 16.5. The van der Waals surface area contributed by atoms with Crippen LogP contribution in [0.25, 0.3) is 11.2 Å². The molecule has 2 aliphatic heterocycles.